The van der Waals surface area contributed by atoms with Crippen LogP contribution < -0.4 is 0 Å². The lowest BCUT2D eigenvalue weighted by molar-refractivity contribution is -0.189. The average molecular weight is 284 g/mol. The Bertz CT molecular complexity index is 406. The molecule has 6 atom stereocenters. The van der Waals surface area contributed by atoms with E-state index >= 15 is 0 Å². The molecule has 4 aliphatic rings. The number of esters is 2. The van der Waals surface area contributed by atoms with E-state index in [2.05, 4.69) is 0 Å². The molecule has 2 aliphatic heterocycles. The Morgan fingerprint density at radius 3 is 2.95 bits per heavy atom. The van der Waals surface area contributed by atoms with Crippen molar-refractivity contribution >= 4 is 11.9 Å². The van der Waals surface area contributed by atoms with Crippen molar-refractivity contribution in [3.05, 3.63) is 0 Å². The van der Waals surface area contributed by atoms with E-state index in [1.807, 2.05) is 0 Å². The van der Waals surface area contributed by atoms with Crippen molar-refractivity contribution in [1.82, 2.24) is 0 Å². The maximum Gasteiger partial charge on any atom is 0.336 e. The second-order valence-corrected chi connectivity index (χ2v) is 6.13. The molecule has 4 fully saturated rings. The van der Waals surface area contributed by atoms with E-state index < -0.39 is 12.1 Å². The number of aliphatic hydroxyl groups is 1. The lowest BCUT2D eigenvalue weighted by Crippen LogP contribution is -2.44. The van der Waals surface area contributed by atoms with Crippen LogP contribution in [0.15, 0.2) is 0 Å². The highest BCUT2D eigenvalue weighted by atomic mass is 16.7. The van der Waals surface area contributed by atoms with Crippen molar-refractivity contribution in [2.24, 2.45) is 17.8 Å². The third-order valence-corrected chi connectivity index (χ3v) is 4.64. The molecule has 6 heteroatoms. The lowest BCUT2D eigenvalue weighted by atomic mass is 9.67. The second-order valence-electron chi connectivity index (χ2n) is 6.13. The Hall–Kier alpha value is -1.14. The molecule has 0 amide bonds. The molecule has 112 valence electrons. The fraction of sp³-hybridized carbons (Fsp3) is 0.857. The minimum absolute atomic E-state index is 0.0114. The molecule has 0 radical (unpaired) electrons. The summed E-state index contributed by atoms with van der Waals surface area (Å²) in [5.41, 5.74) is 0. The molecule has 6 unspecified atom stereocenters. The summed E-state index contributed by atoms with van der Waals surface area (Å²) in [7, 11) is 0. The molecular weight excluding hydrogens is 264 g/mol. The summed E-state index contributed by atoms with van der Waals surface area (Å²) in [4.78, 5) is 23.1. The smallest absolute Gasteiger partial charge is 0.336 e. The van der Waals surface area contributed by atoms with Gasteiger partial charge < -0.3 is 19.3 Å². The van der Waals surface area contributed by atoms with Crippen LogP contribution in [0.4, 0.5) is 0 Å². The van der Waals surface area contributed by atoms with Crippen molar-refractivity contribution in [3.63, 3.8) is 0 Å². The van der Waals surface area contributed by atoms with Crippen LogP contribution in [-0.4, -0.2) is 42.1 Å². The molecule has 4 rings (SSSR count). The molecule has 2 heterocycles. The molecular formula is C14H20O6. The van der Waals surface area contributed by atoms with Crippen LogP contribution in [0.5, 0.6) is 0 Å². The molecule has 0 spiro atoms. The Kier molecular flexibility index (Phi) is 3.69. The molecule has 2 aliphatic carbocycles. The Balaban J connectivity index is 1.60. The van der Waals surface area contributed by atoms with Crippen molar-refractivity contribution in [1.29, 1.82) is 0 Å². The highest BCUT2D eigenvalue weighted by Gasteiger charge is 2.50. The molecule has 4 bridgehead atoms. The van der Waals surface area contributed by atoms with Crippen molar-refractivity contribution in [3.8, 4) is 0 Å². The van der Waals surface area contributed by atoms with Crippen LogP contribution in [0.1, 0.15) is 32.6 Å². The topological polar surface area (TPSA) is 82.1 Å². The maximum atomic E-state index is 11.9. The van der Waals surface area contributed by atoms with Gasteiger partial charge in [0.1, 0.15) is 18.3 Å². The third kappa shape index (κ3) is 2.54. The van der Waals surface area contributed by atoms with Crippen LogP contribution in [0.3, 0.4) is 0 Å². The van der Waals surface area contributed by atoms with Crippen LogP contribution in [-0.2, 0) is 23.8 Å². The second kappa shape index (κ2) is 5.33. The van der Waals surface area contributed by atoms with Gasteiger partial charge >= 0.3 is 11.9 Å². The van der Waals surface area contributed by atoms with E-state index in [0.29, 0.717) is 11.8 Å². The number of fused-ring (bicyclic) bond motifs is 1. The van der Waals surface area contributed by atoms with Gasteiger partial charge in [0, 0.05) is 0 Å². The number of aliphatic hydroxyl groups excluding tert-OH is 1. The highest BCUT2D eigenvalue weighted by Crippen LogP contribution is 2.48. The number of carbonyl (C=O) groups excluding carboxylic acids is 2. The first kappa shape index (κ1) is 13.8. The maximum absolute atomic E-state index is 11.9. The fourth-order valence-corrected chi connectivity index (χ4v) is 3.80. The van der Waals surface area contributed by atoms with Gasteiger partial charge in [-0.25, -0.2) is 4.79 Å². The number of hydrogen-bond donors (Lipinski definition) is 1. The summed E-state index contributed by atoms with van der Waals surface area (Å²) in [5.74, 6) is 0.0551. The van der Waals surface area contributed by atoms with E-state index in [1.165, 1.54) is 6.92 Å². The van der Waals surface area contributed by atoms with E-state index in [1.54, 1.807) is 0 Å². The van der Waals surface area contributed by atoms with Gasteiger partial charge in [0.15, 0.2) is 6.79 Å². The van der Waals surface area contributed by atoms with Gasteiger partial charge in [0.05, 0.1) is 5.92 Å². The van der Waals surface area contributed by atoms with Gasteiger partial charge in [0.2, 0.25) is 0 Å². The first-order valence-corrected chi connectivity index (χ1v) is 7.21. The highest BCUT2D eigenvalue weighted by molar-refractivity contribution is 5.74. The van der Waals surface area contributed by atoms with E-state index in [0.717, 1.165) is 25.7 Å². The monoisotopic (exact) mass is 284 g/mol. The molecule has 20 heavy (non-hydrogen) atoms. The molecule has 0 aromatic heterocycles. The van der Waals surface area contributed by atoms with E-state index in [9.17, 15) is 9.59 Å². The SMILES string of the molecule is CC(O)C(=O)OCOC1C2CC3CC(C2)C(=O)OC1C3. The minimum atomic E-state index is -1.15. The number of hydrogen-bond acceptors (Lipinski definition) is 6. The Morgan fingerprint density at radius 2 is 2.20 bits per heavy atom. The normalized spacial score (nSPS) is 40.1. The van der Waals surface area contributed by atoms with Gasteiger partial charge in [-0.1, -0.05) is 0 Å². The quantitative estimate of drug-likeness (QED) is 0.602. The summed E-state index contributed by atoms with van der Waals surface area (Å²) in [6.07, 6.45) is 2.08. The standard InChI is InChI=1S/C14H20O6/c1-7(15)13(16)19-6-18-12-9-2-8-3-10(5-9)14(17)20-11(12)4-8/h7-12,15H,2-6H2,1H3. The Morgan fingerprint density at radius 1 is 1.40 bits per heavy atom. The first-order valence-electron chi connectivity index (χ1n) is 7.21. The third-order valence-electron chi connectivity index (χ3n) is 4.64. The van der Waals surface area contributed by atoms with Gasteiger partial charge in [-0.2, -0.15) is 0 Å². The van der Waals surface area contributed by atoms with Gasteiger partial charge in [0.25, 0.3) is 0 Å². The Labute approximate surface area is 117 Å². The molecule has 2 saturated heterocycles. The summed E-state index contributed by atoms with van der Waals surface area (Å²) in [6, 6.07) is 0. The van der Waals surface area contributed by atoms with Crippen LogP contribution in [0.2, 0.25) is 0 Å². The molecule has 1 N–H and O–H groups in total. The zero-order valence-corrected chi connectivity index (χ0v) is 11.5. The lowest BCUT2D eigenvalue weighted by Gasteiger charge is -2.41. The zero-order chi connectivity index (χ0) is 14.3. The predicted octanol–water partition coefficient (Wildman–Crippen LogP) is 0.615. The zero-order valence-electron chi connectivity index (χ0n) is 11.5. The van der Waals surface area contributed by atoms with Gasteiger partial charge in [-0.05, 0) is 44.4 Å². The summed E-state index contributed by atoms with van der Waals surface area (Å²) in [6.45, 7) is 1.15. The number of rotatable bonds is 4. The fourth-order valence-electron chi connectivity index (χ4n) is 3.80. The average Bonchev–Trinajstić information content (AvgIpc) is 2.55. The van der Waals surface area contributed by atoms with Gasteiger partial charge in [-0.3, -0.25) is 4.79 Å². The van der Waals surface area contributed by atoms with Crippen molar-refractivity contribution in [2.45, 2.75) is 50.9 Å². The summed E-state index contributed by atoms with van der Waals surface area (Å²) < 4.78 is 16.0. The molecule has 2 saturated carbocycles. The molecule has 6 nitrogen and oxygen atoms in total. The number of carbonyl (C=O) groups is 2. The molecule has 0 aromatic rings. The van der Waals surface area contributed by atoms with Crippen molar-refractivity contribution in [2.75, 3.05) is 6.79 Å². The van der Waals surface area contributed by atoms with Gasteiger partial charge in [-0.15, -0.1) is 0 Å². The minimum Gasteiger partial charge on any atom is -0.459 e. The van der Waals surface area contributed by atoms with Crippen LogP contribution >= 0.6 is 0 Å². The number of ether oxygens (including phenoxy) is 3. The van der Waals surface area contributed by atoms with Crippen LogP contribution in [0, 0.1) is 17.8 Å². The van der Waals surface area contributed by atoms with E-state index in [-0.39, 0.29) is 30.9 Å². The first-order chi connectivity index (χ1) is 9.54. The molecule has 0 aromatic carbocycles. The van der Waals surface area contributed by atoms with E-state index in [4.69, 9.17) is 19.3 Å². The van der Waals surface area contributed by atoms with Crippen molar-refractivity contribution < 1.29 is 28.9 Å². The summed E-state index contributed by atoms with van der Waals surface area (Å²) >= 11 is 0. The largest absolute Gasteiger partial charge is 0.459 e. The summed E-state index contributed by atoms with van der Waals surface area (Å²) in [5, 5.41) is 9.04. The van der Waals surface area contributed by atoms with Crippen LogP contribution in [0.25, 0.3) is 0 Å². The predicted molar refractivity (Wildman–Crippen MR) is 66.3 cm³/mol.